The van der Waals surface area contributed by atoms with E-state index in [1.54, 1.807) is 0 Å². The third-order valence-corrected chi connectivity index (χ3v) is 5.26. The van der Waals surface area contributed by atoms with Crippen molar-refractivity contribution in [2.75, 3.05) is 0 Å². The number of hydrogen-bond donors (Lipinski definition) is 0. The Morgan fingerprint density at radius 3 is 2.58 bits per heavy atom. The summed E-state index contributed by atoms with van der Waals surface area (Å²) in [6.45, 7) is 5.43. The number of fused-ring (bicyclic) bond motifs is 3. The third kappa shape index (κ3) is 3.39. The van der Waals surface area contributed by atoms with E-state index in [2.05, 4.69) is 75.6 Å². The van der Waals surface area contributed by atoms with Crippen molar-refractivity contribution in [1.29, 1.82) is 0 Å². The van der Waals surface area contributed by atoms with Crippen LogP contribution in [0.2, 0.25) is 0 Å². The second-order valence-electron chi connectivity index (χ2n) is 7.13. The van der Waals surface area contributed by atoms with Gasteiger partial charge in [0, 0.05) is 0 Å². The molecule has 3 heterocycles. The molecule has 0 unspecified atom stereocenters. The monoisotopic (exact) mass is 404 g/mol. The molecule has 0 aliphatic rings. The summed E-state index contributed by atoms with van der Waals surface area (Å²) in [4.78, 5) is 13.5. The van der Waals surface area contributed by atoms with Crippen molar-refractivity contribution in [2.45, 2.75) is 33.2 Å². The number of rotatable bonds is 5. The first kappa shape index (κ1) is 17.2. The molecule has 0 bridgehead atoms. The zero-order chi connectivity index (χ0) is 18.1. The van der Waals surface area contributed by atoms with Crippen LogP contribution < -0.4 is 4.48 Å². The van der Waals surface area contributed by atoms with E-state index >= 15 is 0 Å². The average Bonchev–Trinajstić information content (AvgIpc) is 3.05. The van der Waals surface area contributed by atoms with Gasteiger partial charge in [0.25, 0.3) is 0 Å². The first-order valence-electron chi connectivity index (χ1n) is 8.97. The van der Waals surface area contributed by atoms with E-state index < -0.39 is 0 Å². The Hall–Kier alpha value is -2.19. The number of imidazole rings is 1. The molecule has 0 fully saturated rings. The molecule has 1 aromatic carbocycles. The molecule has 0 aliphatic carbocycles. The van der Waals surface area contributed by atoms with Crippen molar-refractivity contribution in [3.63, 3.8) is 0 Å². The molecule has 0 saturated carbocycles. The van der Waals surface area contributed by atoms with E-state index in [9.17, 15) is 0 Å². The van der Waals surface area contributed by atoms with E-state index in [1.807, 2.05) is 18.7 Å². The Kier molecular flexibility index (Phi) is 4.77. The summed E-state index contributed by atoms with van der Waals surface area (Å²) < 4.78 is 3.21. The molecule has 4 rings (SSSR count). The summed E-state index contributed by atoms with van der Waals surface area (Å²) in [5.41, 5.74) is 5.86. The van der Waals surface area contributed by atoms with Crippen LogP contribution in [0.3, 0.4) is 0 Å². The van der Waals surface area contributed by atoms with Crippen molar-refractivity contribution in [3.05, 3.63) is 60.2 Å². The predicted octanol–water partition coefficient (Wildman–Crippen LogP) is 3.21. The van der Waals surface area contributed by atoms with Gasteiger partial charge in [0.15, 0.2) is 0 Å². The van der Waals surface area contributed by atoms with Crippen molar-refractivity contribution in [2.24, 2.45) is 5.92 Å². The second-order valence-corrected chi connectivity index (χ2v) is 8.02. The van der Waals surface area contributed by atoms with Gasteiger partial charge >= 0.3 is 162 Å². The first-order valence-corrected chi connectivity index (χ1v) is 9.91. The zero-order valence-corrected chi connectivity index (χ0v) is 16.9. The van der Waals surface area contributed by atoms with Crippen LogP contribution in [0.15, 0.2) is 49.1 Å². The number of pyridine rings is 2. The van der Waals surface area contributed by atoms with Crippen molar-refractivity contribution >= 4 is 43.3 Å². The van der Waals surface area contributed by atoms with Gasteiger partial charge in [0.2, 0.25) is 0 Å². The fourth-order valence-electron chi connectivity index (χ4n) is 3.39. The van der Waals surface area contributed by atoms with Crippen LogP contribution in [0, 0.1) is 5.92 Å². The van der Waals surface area contributed by atoms with Crippen molar-refractivity contribution in [3.8, 4) is 0 Å². The van der Waals surface area contributed by atoms with Gasteiger partial charge in [-0.3, -0.25) is 0 Å². The summed E-state index contributed by atoms with van der Waals surface area (Å²) in [7, 11) is 0. The van der Waals surface area contributed by atoms with Crippen LogP contribution in [0.1, 0.15) is 25.0 Å². The minimum atomic E-state index is 0.570. The number of aryl methyl sites for hydroxylation is 2. The molecule has 0 aliphatic heterocycles. The van der Waals surface area contributed by atoms with Gasteiger partial charge in [-0.2, -0.15) is 0 Å². The molecular weight excluding hydrogens is 383 g/mol. The van der Waals surface area contributed by atoms with Gasteiger partial charge < -0.3 is 0 Å². The van der Waals surface area contributed by atoms with Crippen molar-refractivity contribution < 1.29 is 0 Å². The van der Waals surface area contributed by atoms with Gasteiger partial charge in [-0.25, -0.2) is 0 Å². The number of hydrogen-bond acceptors (Lipinski definition) is 3. The molecule has 0 atom stereocenters. The first-order chi connectivity index (χ1) is 12.6. The van der Waals surface area contributed by atoms with E-state index in [-0.39, 0.29) is 0 Å². The van der Waals surface area contributed by atoms with Gasteiger partial charge in [0.1, 0.15) is 0 Å². The number of aromatic nitrogens is 4. The predicted molar refractivity (Wildman–Crippen MR) is 107 cm³/mol. The SMILES string of the molecule is CC(C)Cn1cnc2c([As])nc3ccc(CCc4ccncc4)cc3c21. The molecule has 5 heteroatoms. The normalized spacial score (nSPS) is 11.7. The maximum atomic E-state index is 4.74. The van der Waals surface area contributed by atoms with E-state index in [4.69, 9.17) is 4.98 Å². The van der Waals surface area contributed by atoms with Crippen LogP contribution in [-0.2, 0) is 19.4 Å². The Bertz CT molecular complexity index is 1050. The Morgan fingerprint density at radius 2 is 1.81 bits per heavy atom. The van der Waals surface area contributed by atoms with Crippen molar-refractivity contribution in [1.82, 2.24) is 19.5 Å². The fourth-order valence-corrected chi connectivity index (χ4v) is 3.96. The third-order valence-electron chi connectivity index (χ3n) is 4.61. The topological polar surface area (TPSA) is 43.6 Å². The molecule has 130 valence electrons. The van der Waals surface area contributed by atoms with Crippen LogP contribution in [0.4, 0.5) is 0 Å². The second kappa shape index (κ2) is 7.20. The Morgan fingerprint density at radius 1 is 1.04 bits per heavy atom. The Balaban J connectivity index is 1.77. The summed E-state index contributed by atoms with van der Waals surface area (Å²) in [6, 6.07) is 10.8. The van der Waals surface area contributed by atoms with Gasteiger partial charge in [-0.1, -0.05) is 0 Å². The molecule has 0 saturated heterocycles. The van der Waals surface area contributed by atoms with Crippen LogP contribution in [0.5, 0.6) is 0 Å². The van der Waals surface area contributed by atoms with E-state index in [1.165, 1.54) is 22.0 Å². The van der Waals surface area contributed by atoms with Gasteiger partial charge in [-0.15, -0.1) is 0 Å². The maximum absolute atomic E-state index is 4.74. The minimum absolute atomic E-state index is 0.570. The molecule has 0 amide bonds. The Labute approximate surface area is 162 Å². The summed E-state index contributed by atoms with van der Waals surface area (Å²) in [5, 5.41) is 1.19. The molecule has 3 aromatic heterocycles. The van der Waals surface area contributed by atoms with E-state index in [0.717, 1.165) is 34.9 Å². The zero-order valence-electron chi connectivity index (χ0n) is 15.1. The standard InChI is InChI=1S/C21H21AsN4/c1-14(2)12-26-13-24-19-20(26)17-11-16(5-6-18(17)25-21(19)22)4-3-15-7-9-23-10-8-15/h5-11,13-14H,3-4,12H2,1-2H3. The molecule has 2 radical (unpaired) electrons. The molecule has 4 nitrogen and oxygen atoms in total. The quantitative estimate of drug-likeness (QED) is 0.480. The number of nitrogens with zero attached hydrogens (tertiary/aromatic N) is 4. The van der Waals surface area contributed by atoms with Crippen LogP contribution in [-0.4, -0.2) is 36.4 Å². The molecule has 26 heavy (non-hydrogen) atoms. The van der Waals surface area contributed by atoms with Crippen LogP contribution >= 0.6 is 0 Å². The molecular formula is C21H21AsN4. The van der Waals surface area contributed by atoms with E-state index in [0.29, 0.717) is 5.92 Å². The number of benzene rings is 1. The summed E-state index contributed by atoms with van der Waals surface area (Å²) in [5.74, 6) is 0.570. The summed E-state index contributed by atoms with van der Waals surface area (Å²) >= 11 is 2.56. The van der Waals surface area contributed by atoms with Gasteiger partial charge in [0.05, 0.1) is 0 Å². The van der Waals surface area contributed by atoms with Crippen LogP contribution in [0.25, 0.3) is 21.9 Å². The van der Waals surface area contributed by atoms with Gasteiger partial charge in [-0.05, 0) is 0 Å². The molecule has 0 spiro atoms. The molecule has 4 aromatic rings. The average molecular weight is 404 g/mol. The summed E-state index contributed by atoms with van der Waals surface area (Å²) in [6.07, 6.45) is 7.68. The molecule has 0 N–H and O–H groups in total. The fraction of sp³-hybridized carbons (Fsp3) is 0.286.